The Labute approximate surface area is 220 Å². The maximum absolute atomic E-state index is 12.9. The molecule has 1 fully saturated rings. The minimum Gasteiger partial charge on any atom is -0.484 e. The molecule has 8 nitrogen and oxygen atoms in total. The summed E-state index contributed by atoms with van der Waals surface area (Å²) < 4.78 is 10.9. The van der Waals surface area contributed by atoms with Crippen molar-refractivity contribution in [3.63, 3.8) is 0 Å². The third-order valence-electron chi connectivity index (χ3n) is 6.32. The second kappa shape index (κ2) is 12.0. The van der Waals surface area contributed by atoms with Crippen LogP contribution in [0.25, 0.3) is 11.3 Å². The summed E-state index contributed by atoms with van der Waals surface area (Å²) in [5.74, 6) is -0.379. The third kappa shape index (κ3) is 6.35. The van der Waals surface area contributed by atoms with Gasteiger partial charge >= 0.3 is 5.97 Å². The van der Waals surface area contributed by atoms with E-state index in [1.807, 2.05) is 35.2 Å². The summed E-state index contributed by atoms with van der Waals surface area (Å²) in [6.07, 6.45) is 3.15. The molecule has 9 heteroatoms. The lowest BCUT2D eigenvalue weighted by Crippen LogP contribution is -2.49. The minimum absolute atomic E-state index is 0.0306. The lowest BCUT2D eigenvalue weighted by atomic mass is 9.97. The van der Waals surface area contributed by atoms with E-state index < -0.39 is 5.97 Å². The summed E-state index contributed by atoms with van der Waals surface area (Å²) >= 11 is 1.07. The summed E-state index contributed by atoms with van der Waals surface area (Å²) in [4.78, 5) is 44.8. The molecule has 0 aliphatic carbocycles. The zero-order chi connectivity index (χ0) is 26.4. The number of nitrogens with one attached hydrogen (secondary N) is 1. The van der Waals surface area contributed by atoms with Gasteiger partial charge in [0.2, 0.25) is 0 Å². The van der Waals surface area contributed by atoms with Gasteiger partial charge in [-0.15, -0.1) is 0 Å². The molecule has 1 N–H and O–H groups in total. The average molecular weight is 522 g/mol. The lowest BCUT2D eigenvalue weighted by Gasteiger charge is -2.38. The number of likely N-dealkylation sites (tertiary alicyclic amines) is 1. The predicted octanol–water partition coefficient (Wildman–Crippen LogP) is 5.41. The van der Waals surface area contributed by atoms with E-state index in [-0.39, 0.29) is 37.1 Å². The van der Waals surface area contributed by atoms with Crippen LogP contribution >= 0.6 is 11.3 Å². The quantitative estimate of drug-likeness (QED) is 0.398. The Morgan fingerprint density at radius 3 is 2.35 bits per heavy atom. The first-order valence-corrected chi connectivity index (χ1v) is 13.3. The second-order valence-corrected chi connectivity index (χ2v) is 9.98. The van der Waals surface area contributed by atoms with Crippen molar-refractivity contribution < 1.29 is 23.9 Å². The molecule has 2 aromatic carbocycles. The number of nitrogens with zero attached hydrogens (tertiary/aromatic N) is 2. The van der Waals surface area contributed by atoms with Crippen molar-refractivity contribution in [2.45, 2.75) is 52.1 Å². The fourth-order valence-corrected chi connectivity index (χ4v) is 5.38. The van der Waals surface area contributed by atoms with Crippen molar-refractivity contribution in [1.82, 2.24) is 9.88 Å². The Morgan fingerprint density at radius 2 is 1.70 bits per heavy atom. The molecular formula is C28H31N3O5S. The highest BCUT2D eigenvalue weighted by Gasteiger charge is 2.29. The number of piperidine rings is 1. The van der Waals surface area contributed by atoms with Crippen LogP contribution in [-0.2, 0) is 9.53 Å². The van der Waals surface area contributed by atoms with Gasteiger partial charge in [-0.1, -0.05) is 41.7 Å². The first-order valence-electron chi connectivity index (χ1n) is 12.5. The van der Waals surface area contributed by atoms with Crippen LogP contribution < -0.4 is 10.1 Å². The molecule has 0 saturated carbocycles. The van der Waals surface area contributed by atoms with Crippen LogP contribution in [0.3, 0.4) is 0 Å². The largest absolute Gasteiger partial charge is 0.484 e. The molecule has 2 heterocycles. The summed E-state index contributed by atoms with van der Waals surface area (Å²) in [5, 5.41) is 3.06. The van der Waals surface area contributed by atoms with Gasteiger partial charge in [-0.05, 0) is 64.3 Å². The van der Waals surface area contributed by atoms with Gasteiger partial charge in [-0.2, -0.15) is 0 Å². The molecule has 1 aromatic heterocycles. The van der Waals surface area contributed by atoms with Crippen molar-refractivity contribution >= 4 is 34.3 Å². The SMILES string of the molecule is CCOC(=O)c1sc(NC(=O)c2ccc(OCC(=O)N3[C@H](C)CCC[C@@H]3C)cc2)nc1-c1ccccc1. The van der Waals surface area contributed by atoms with E-state index >= 15 is 0 Å². The highest BCUT2D eigenvalue weighted by Crippen LogP contribution is 2.32. The van der Waals surface area contributed by atoms with Crippen LogP contribution in [0.15, 0.2) is 54.6 Å². The maximum atomic E-state index is 12.9. The number of thiazole rings is 1. The van der Waals surface area contributed by atoms with Crippen molar-refractivity contribution in [1.29, 1.82) is 0 Å². The smallest absolute Gasteiger partial charge is 0.350 e. The Morgan fingerprint density at radius 1 is 1.03 bits per heavy atom. The Kier molecular flexibility index (Phi) is 8.55. The normalized spacial score (nSPS) is 17.2. The van der Waals surface area contributed by atoms with E-state index in [9.17, 15) is 14.4 Å². The number of hydrogen-bond acceptors (Lipinski definition) is 7. The number of amides is 2. The summed E-state index contributed by atoms with van der Waals surface area (Å²) in [6, 6.07) is 16.3. The molecule has 2 amide bonds. The second-order valence-electron chi connectivity index (χ2n) is 8.98. The minimum atomic E-state index is -0.483. The van der Waals surface area contributed by atoms with Crippen LogP contribution in [-0.4, -0.2) is 53.0 Å². The number of ether oxygens (including phenoxy) is 2. The number of benzene rings is 2. The molecule has 1 aliphatic heterocycles. The fourth-order valence-electron chi connectivity index (χ4n) is 4.50. The fraction of sp³-hybridized carbons (Fsp3) is 0.357. The van der Waals surface area contributed by atoms with Crippen LogP contribution in [0, 0.1) is 0 Å². The van der Waals surface area contributed by atoms with E-state index in [0.717, 1.165) is 36.2 Å². The van der Waals surface area contributed by atoms with Gasteiger partial charge in [-0.3, -0.25) is 14.9 Å². The first-order chi connectivity index (χ1) is 17.9. The van der Waals surface area contributed by atoms with Crippen LogP contribution in [0.5, 0.6) is 5.75 Å². The molecular weight excluding hydrogens is 490 g/mol. The topological polar surface area (TPSA) is 97.8 Å². The molecule has 0 radical (unpaired) electrons. The van der Waals surface area contributed by atoms with E-state index in [2.05, 4.69) is 24.1 Å². The highest BCUT2D eigenvalue weighted by molar-refractivity contribution is 7.18. The zero-order valence-electron chi connectivity index (χ0n) is 21.2. The van der Waals surface area contributed by atoms with Gasteiger partial charge in [0.1, 0.15) is 10.6 Å². The van der Waals surface area contributed by atoms with E-state index in [4.69, 9.17) is 9.47 Å². The lowest BCUT2D eigenvalue weighted by molar-refractivity contribution is -0.139. The summed E-state index contributed by atoms with van der Waals surface area (Å²) in [5.41, 5.74) is 1.61. The van der Waals surface area contributed by atoms with Crippen molar-refractivity contribution in [2.24, 2.45) is 0 Å². The molecule has 0 spiro atoms. The van der Waals surface area contributed by atoms with Gasteiger partial charge in [0.05, 0.1) is 12.3 Å². The monoisotopic (exact) mass is 521 g/mol. The molecule has 2 atom stereocenters. The van der Waals surface area contributed by atoms with Crippen molar-refractivity contribution in [2.75, 3.05) is 18.5 Å². The van der Waals surface area contributed by atoms with Crippen LogP contribution in [0.4, 0.5) is 5.13 Å². The molecule has 1 saturated heterocycles. The zero-order valence-corrected chi connectivity index (χ0v) is 22.0. The van der Waals surface area contributed by atoms with Gasteiger partial charge in [0.15, 0.2) is 11.7 Å². The van der Waals surface area contributed by atoms with Crippen molar-refractivity contribution in [3.05, 3.63) is 65.0 Å². The van der Waals surface area contributed by atoms with E-state index in [1.54, 1.807) is 31.2 Å². The number of hydrogen-bond donors (Lipinski definition) is 1. The molecule has 37 heavy (non-hydrogen) atoms. The number of aromatic nitrogens is 1. The number of carbonyl (C=O) groups is 3. The highest BCUT2D eigenvalue weighted by atomic mass is 32.1. The van der Waals surface area contributed by atoms with Crippen LogP contribution in [0.1, 0.15) is 60.1 Å². The van der Waals surface area contributed by atoms with Gasteiger partial charge in [-0.25, -0.2) is 9.78 Å². The van der Waals surface area contributed by atoms with Gasteiger partial charge in [0.25, 0.3) is 11.8 Å². The molecule has 1 aliphatic rings. The number of rotatable bonds is 8. The Hall–Kier alpha value is -3.72. The van der Waals surface area contributed by atoms with E-state index in [0.29, 0.717) is 27.0 Å². The molecule has 0 bridgehead atoms. The Balaban J connectivity index is 1.41. The number of anilines is 1. The molecule has 4 rings (SSSR count). The predicted molar refractivity (Wildman–Crippen MR) is 143 cm³/mol. The van der Waals surface area contributed by atoms with Crippen LogP contribution in [0.2, 0.25) is 0 Å². The number of carbonyl (C=O) groups excluding carboxylic acids is 3. The molecule has 0 unspecified atom stereocenters. The number of esters is 1. The summed E-state index contributed by atoms with van der Waals surface area (Å²) in [7, 11) is 0. The van der Waals surface area contributed by atoms with Gasteiger partial charge in [0, 0.05) is 23.2 Å². The first kappa shape index (κ1) is 26.3. The maximum Gasteiger partial charge on any atom is 0.350 e. The summed E-state index contributed by atoms with van der Waals surface area (Å²) in [6.45, 7) is 6.08. The average Bonchev–Trinajstić information content (AvgIpc) is 3.32. The van der Waals surface area contributed by atoms with Crippen molar-refractivity contribution in [3.8, 4) is 17.0 Å². The van der Waals surface area contributed by atoms with E-state index in [1.165, 1.54) is 0 Å². The Bertz CT molecular complexity index is 1230. The molecule has 194 valence electrons. The van der Waals surface area contributed by atoms with Gasteiger partial charge < -0.3 is 14.4 Å². The molecule has 3 aromatic rings. The standard InChI is InChI=1S/C28H31N3O5S/c1-4-35-27(34)25-24(20-11-6-5-7-12-20)29-28(37-25)30-26(33)21-13-15-22(16-14-21)36-17-23(32)31-18(2)9-8-10-19(31)3/h5-7,11-16,18-19H,4,8-10,17H2,1-3H3,(H,29,30,33)/t18-,19+. The third-order valence-corrected chi connectivity index (χ3v) is 7.27.